The van der Waals surface area contributed by atoms with Crippen LogP contribution in [-0.2, 0) is 0 Å². The zero-order valence-corrected chi connectivity index (χ0v) is 81.8. The van der Waals surface area contributed by atoms with Gasteiger partial charge in [-0.15, -0.1) is 0 Å². The Morgan fingerprint density at radius 3 is 0.290 bits per heavy atom. The third-order valence-corrected chi connectivity index (χ3v) is 23.4. The van der Waals surface area contributed by atoms with Gasteiger partial charge in [-0.05, 0) is 471 Å². The minimum absolute atomic E-state index is 1.16. The van der Waals surface area contributed by atoms with Crippen LogP contribution in [0.15, 0.2) is 358 Å². The van der Waals surface area contributed by atoms with E-state index in [1.54, 1.807) is 0 Å². The van der Waals surface area contributed by atoms with Crippen LogP contribution in [0, 0.1) is 166 Å². The van der Waals surface area contributed by atoms with Crippen molar-refractivity contribution < 1.29 is 0 Å². The molecule has 0 N–H and O–H groups in total. The van der Waals surface area contributed by atoms with Gasteiger partial charge in [0.2, 0.25) is 0 Å². The predicted octanol–water partition coefficient (Wildman–Crippen LogP) is 36.5. The van der Waals surface area contributed by atoms with Crippen LogP contribution in [0.25, 0.3) is 22.3 Å². The summed E-state index contributed by atoms with van der Waals surface area (Å²) in [4.78, 5) is 11.7. The Hall–Kier alpha value is -14.3. The fraction of sp³-hybridized carbons (Fsp3) is 0.190. The Balaban J connectivity index is 0.000000140. The van der Waals surface area contributed by atoms with Gasteiger partial charge in [-0.1, -0.05) is 209 Å². The molecule has 660 valence electrons. The molecule has 0 bridgehead atoms. The molecule has 0 fully saturated rings. The van der Waals surface area contributed by atoms with Crippen LogP contribution in [0.2, 0.25) is 0 Å². The maximum absolute atomic E-state index is 2.38. The van der Waals surface area contributed by atoms with E-state index in [-0.39, 0.29) is 0 Å². The third kappa shape index (κ3) is 25.6. The molecule has 0 aliphatic carbocycles. The Bertz CT molecular complexity index is 6300. The summed E-state index contributed by atoms with van der Waals surface area (Å²) in [6.45, 7) is 51.6. The van der Waals surface area contributed by atoms with Gasteiger partial charge in [0.1, 0.15) is 0 Å². The summed E-state index contributed by atoms with van der Waals surface area (Å²) in [7, 11) is 0. The number of nitrogens with zero attached hydrogens (tertiary/aromatic N) is 5. The zero-order valence-electron chi connectivity index (χ0n) is 81.8. The fourth-order valence-corrected chi connectivity index (χ4v) is 17.8. The van der Waals surface area contributed by atoms with Crippen molar-refractivity contribution in [2.24, 2.45) is 0 Å². The van der Waals surface area contributed by atoms with E-state index >= 15 is 0 Å². The first-order chi connectivity index (χ1) is 62.6. The molecule has 17 aromatic carbocycles. The Kier molecular flexibility index (Phi) is 30.8. The molecule has 5 nitrogen and oxygen atoms in total. The van der Waals surface area contributed by atoms with Crippen molar-refractivity contribution in [2.45, 2.75) is 166 Å². The smallest absolute Gasteiger partial charge is 0.0466 e. The molecule has 0 aromatic heterocycles. The second-order valence-electron chi connectivity index (χ2n) is 37.0. The fourth-order valence-electron chi connectivity index (χ4n) is 17.8. The second-order valence-corrected chi connectivity index (χ2v) is 37.0. The Labute approximate surface area is 784 Å². The lowest BCUT2D eigenvalue weighted by Gasteiger charge is -2.27. The van der Waals surface area contributed by atoms with Crippen molar-refractivity contribution in [3.8, 4) is 22.3 Å². The van der Waals surface area contributed by atoms with Crippen molar-refractivity contribution in [2.75, 3.05) is 24.5 Å². The van der Waals surface area contributed by atoms with Gasteiger partial charge in [0.05, 0.1) is 0 Å². The zero-order chi connectivity index (χ0) is 93.4. The van der Waals surface area contributed by atoms with Crippen molar-refractivity contribution >= 4 is 85.3 Å². The molecule has 0 heterocycles. The minimum atomic E-state index is 1.16. The van der Waals surface area contributed by atoms with E-state index in [1.165, 1.54) is 235 Å². The van der Waals surface area contributed by atoms with Gasteiger partial charge in [-0.3, -0.25) is 0 Å². The first-order valence-electron chi connectivity index (χ1n) is 46.0. The van der Waals surface area contributed by atoms with Crippen LogP contribution >= 0.6 is 0 Å². The second kappa shape index (κ2) is 42.8. The highest BCUT2D eigenvalue weighted by molar-refractivity contribution is 5.85. The van der Waals surface area contributed by atoms with Crippen LogP contribution in [0.4, 0.5) is 85.3 Å². The largest absolute Gasteiger partial charge is 0.310 e. The molecular weight excluding hydrogens is 1580 g/mol. The topological polar surface area (TPSA) is 16.2 Å². The third-order valence-electron chi connectivity index (χ3n) is 23.4. The van der Waals surface area contributed by atoms with E-state index < -0.39 is 0 Å². The van der Waals surface area contributed by atoms with Crippen LogP contribution < -0.4 is 24.5 Å². The highest BCUT2D eigenvalue weighted by Gasteiger charge is 2.21. The SMILES string of the molecule is Cc1cc(C)cc(N(c2cc(C)cc(C)c2)c2cc(C)cc(C)c2)c1.Cc1ccc(-c2ccc(N(c3cc(C)cc(C)c3)c3cc(C)cc(C)c3)cc2)cc1.Cc1ccc(-c2ccc(N(c3ccc(C)cc3)c3cc(C)cc(C)c3)cc2)cc1.Cc1ccc(N(c2cc(C)cc(C)c2)c2cc(C)cc(C)c2)cc1.Cc1ccc(N(c2ccc(C)cc2)c2cc(C)cc(C)c2)cc1. The van der Waals surface area contributed by atoms with Gasteiger partial charge in [0, 0.05) is 85.3 Å². The molecule has 0 aliphatic rings. The van der Waals surface area contributed by atoms with E-state index in [0.717, 1.165) is 5.69 Å². The molecule has 0 atom stereocenters. The van der Waals surface area contributed by atoms with Crippen LogP contribution in [0.1, 0.15) is 134 Å². The maximum atomic E-state index is 2.38. The number of aryl methyl sites for hydroxylation is 24. The van der Waals surface area contributed by atoms with Gasteiger partial charge in [0.15, 0.2) is 0 Å². The Morgan fingerprint density at radius 2 is 0.168 bits per heavy atom. The van der Waals surface area contributed by atoms with Crippen molar-refractivity contribution in [1.82, 2.24) is 0 Å². The van der Waals surface area contributed by atoms with Gasteiger partial charge < -0.3 is 24.5 Å². The number of anilines is 15. The first-order valence-corrected chi connectivity index (χ1v) is 46.0. The molecule has 131 heavy (non-hydrogen) atoms. The monoisotopic (exact) mass is 1710 g/mol. The molecule has 0 aliphatic heterocycles. The number of benzene rings is 17. The van der Waals surface area contributed by atoms with Crippen LogP contribution in [0.5, 0.6) is 0 Å². The van der Waals surface area contributed by atoms with Crippen molar-refractivity contribution in [1.29, 1.82) is 0 Å². The summed E-state index contributed by atoms with van der Waals surface area (Å²) >= 11 is 0. The highest BCUT2D eigenvalue weighted by atomic mass is 15.2. The van der Waals surface area contributed by atoms with E-state index in [9.17, 15) is 0 Å². The predicted molar refractivity (Wildman–Crippen MR) is 570 cm³/mol. The molecule has 0 unspecified atom stereocenters. The van der Waals surface area contributed by atoms with E-state index in [2.05, 4.69) is 549 Å². The number of hydrogen-bond acceptors (Lipinski definition) is 5. The summed E-state index contributed by atoms with van der Waals surface area (Å²) in [6, 6.07) is 131. The van der Waals surface area contributed by atoms with Crippen LogP contribution in [0.3, 0.4) is 0 Å². The van der Waals surface area contributed by atoms with Crippen molar-refractivity contribution in [3.63, 3.8) is 0 Å². The average Bonchev–Trinajstić information content (AvgIpc) is 0.793. The molecule has 0 radical (unpaired) electrons. The summed E-state index contributed by atoms with van der Waals surface area (Å²) in [6.07, 6.45) is 0. The molecule has 0 amide bonds. The first kappa shape index (κ1) is 94.4. The lowest BCUT2D eigenvalue weighted by Crippen LogP contribution is -2.11. The number of rotatable bonds is 17. The van der Waals surface area contributed by atoms with Crippen molar-refractivity contribution in [3.05, 3.63) is 491 Å². The summed E-state index contributed by atoms with van der Waals surface area (Å²) in [5, 5.41) is 0. The molecule has 0 saturated heterocycles. The van der Waals surface area contributed by atoms with Gasteiger partial charge in [-0.2, -0.15) is 0 Å². The molecule has 0 spiro atoms. The van der Waals surface area contributed by atoms with Gasteiger partial charge in [0.25, 0.3) is 0 Å². The highest BCUT2D eigenvalue weighted by Crippen LogP contribution is 2.44. The molecular formula is C126H131N5. The Morgan fingerprint density at radius 1 is 0.0840 bits per heavy atom. The standard InChI is InChI=1S/C29H29N.C28H27N.C24H27N.C23H25N.C22H23N/c1-20-6-8-25(9-7-20)26-10-12-27(13-11-26)30(28-16-21(2)14-22(3)17-28)29-18-23(4)15-24(5)19-29;1-20-5-9-24(10-6-20)25-11-15-27(16-12-25)29(26-13-7-21(2)8-14-26)28-18-22(3)17-23(4)19-28;1-16-7-17(2)11-22(10-16)25(23-12-18(3)8-19(4)13-23)24-14-20(5)9-21(6)15-24;1-16-6-8-21(9-7-16)24(22-12-17(2)10-18(3)13-22)23-14-19(4)11-20(5)15-23;1-16-5-9-20(10-6-16)23(21-11-7-17(2)8-12-21)22-14-18(3)13-19(4)15-22/h6-19H,1-5H3;5-19H,1-4H3;7-15H,1-6H3;6-15H,1-5H3;5-15H,1-4H3. The summed E-state index contributed by atoms with van der Waals surface area (Å²) < 4.78 is 0. The maximum Gasteiger partial charge on any atom is 0.0466 e. The number of hydrogen-bond donors (Lipinski definition) is 0. The summed E-state index contributed by atoms with van der Waals surface area (Å²) in [5.74, 6) is 0. The van der Waals surface area contributed by atoms with Gasteiger partial charge in [-0.25, -0.2) is 0 Å². The quantitative estimate of drug-likeness (QED) is 0.0900. The minimum Gasteiger partial charge on any atom is -0.310 e. The van der Waals surface area contributed by atoms with Crippen LogP contribution in [-0.4, -0.2) is 0 Å². The van der Waals surface area contributed by atoms with E-state index in [1.807, 2.05) is 0 Å². The molecule has 17 aromatic rings. The lowest BCUT2D eigenvalue weighted by atomic mass is 10.0. The summed E-state index contributed by atoms with van der Waals surface area (Å²) in [5.41, 5.74) is 53.6. The molecule has 17 rings (SSSR count). The molecule has 5 heteroatoms. The average molecular weight is 1720 g/mol. The normalized spacial score (nSPS) is 10.7. The lowest BCUT2D eigenvalue weighted by molar-refractivity contribution is 1.22. The molecule has 0 saturated carbocycles. The van der Waals surface area contributed by atoms with Gasteiger partial charge >= 0.3 is 0 Å². The van der Waals surface area contributed by atoms with E-state index in [4.69, 9.17) is 0 Å². The van der Waals surface area contributed by atoms with E-state index in [0.29, 0.717) is 0 Å².